The Balaban J connectivity index is 1.97. The quantitative estimate of drug-likeness (QED) is 0.475. The van der Waals surface area contributed by atoms with E-state index in [1.54, 1.807) is 29.2 Å². The van der Waals surface area contributed by atoms with E-state index in [0.29, 0.717) is 43.5 Å². The number of amides is 2. The maximum Gasteiger partial charge on any atom is 0.308 e. The molecule has 2 N–H and O–H groups in total. The van der Waals surface area contributed by atoms with Crippen LogP contribution in [0.4, 0.5) is 0 Å². The molecule has 8 nitrogen and oxygen atoms in total. The molecule has 2 rings (SSSR count). The van der Waals surface area contributed by atoms with E-state index in [1.807, 2.05) is 20.8 Å². The predicted octanol–water partition coefficient (Wildman–Crippen LogP) is 1.88. The number of hydrogen-bond acceptors (Lipinski definition) is 6. The van der Waals surface area contributed by atoms with E-state index >= 15 is 0 Å². The van der Waals surface area contributed by atoms with Crippen LogP contribution in [0.15, 0.2) is 24.3 Å². The molecule has 1 aromatic rings. The summed E-state index contributed by atoms with van der Waals surface area (Å²) in [7, 11) is 0. The molecule has 1 saturated heterocycles. The van der Waals surface area contributed by atoms with Gasteiger partial charge in [-0.2, -0.15) is 0 Å². The highest BCUT2D eigenvalue weighted by Crippen LogP contribution is 2.14. The van der Waals surface area contributed by atoms with Crippen LogP contribution in [0.3, 0.4) is 0 Å². The van der Waals surface area contributed by atoms with Gasteiger partial charge in [-0.3, -0.25) is 19.7 Å². The van der Waals surface area contributed by atoms with Crippen molar-refractivity contribution in [3.05, 3.63) is 29.8 Å². The van der Waals surface area contributed by atoms with Crippen molar-refractivity contribution < 1.29 is 23.9 Å². The second-order valence-corrected chi connectivity index (χ2v) is 7.71. The molecule has 0 aromatic heterocycles. The highest BCUT2D eigenvalue weighted by atomic mass is 32.1. The molecule has 0 radical (unpaired) electrons. The number of ether oxygens (including phenoxy) is 2. The second kappa shape index (κ2) is 11.5. The minimum atomic E-state index is -0.821. The van der Waals surface area contributed by atoms with Crippen molar-refractivity contribution >= 4 is 35.1 Å². The van der Waals surface area contributed by atoms with Gasteiger partial charge in [-0.05, 0) is 55.7 Å². The Kier molecular flexibility index (Phi) is 9.04. The molecule has 0 spiro atoms. The van der Waals surface area contributed by atoms with E-state index in [0.717, 1.165) is 6.42 Å². The molecule has 1 fully saturated rings. The van der Waals surface area contributed by atoms with Gasteiger partial charge < -0.3 is 19.7 Å². The van der Waals surface area contributed by atoms with Crippen molar-refractivity contribution in [2.75, 3.05) is 26.3 Å². The topological polar surface area (TPSA) is 97.0 Å². The first-order valence-corrected chi connectivity index (χ1v) is 10.5. The third kappa shape index (κ3) is 6.98. The Bertz CT molecular complexity index is 766. The Hall–Kier alpha value is -2.68. The SMILES string of the molecule is CCOc1ccc(C(=O)NC(=S)N2CCNC(=O)C2CC(=O)OCCC(C)C)cc1. The van der Waals surface area contributed by atoms with E-state index in [-0.39, 0.29) is 17.4 Å². The lowest BCUT2D eigenvalue weighted by atomic mass is 10.1. The number of carbonyl (C=O) groups excluding carboxylic acids is 3. The van der Waals surface area contributed by atoms with E-state index in [9.17, 15) is 14.4 Å². The number of nitrogens with one attached hydrogen (secondary N) is 2. The summed E-state index contributed by atoms with van der Waals surface area (Å²) in [5, 5.41) is 5.47. The van der Waals surface area contributed by atoms with Gasteiger partial charge in [0.05, 0.1) is 19.6 Å². The number of nitrogens with zero attached hydrogens (tertiary/aromatic N) is 1. The van der Waals surface area contributed by atoms with Gasteiger partial charge in [-0.25, -0.2) is 0 Å². The summed E-state index contributed by atoms with van der Waals surface area (Å²) >= 11 is 5.36. The molecule has 30 heavy (non-hydrogen) atoms. The lowest BCUT2D eigenvalue weighted by molar-refractivity contribution is -0.147. The van der Waals surface area contributed by atoms with Gasteiger partial charge in [-0.15, -0.1) is 0 Å². The van der Waals surface area contributed by atoms with Crippen molar-refractivity contribution in [2.45, 2.75) is 39.7 Å². The van der Waals surface area contributed by atoms with Crippen molar-refractivity contribution in [1.82, 2.24) is 15.5 Å². The van der Waals surface area contributed by atoms with E-state index in [1.165, 1.54) is 0 Å². The minimum absolute atomic E-state index is 0.101. The number of piperazine rings is 1. The third-order valence-corrected chi connectivity index (χ3v) is 4.89. The Labute approximate surface area is 182 Å². The first-order chi connectivity index (χ1) is 14.3. The van der Waals surface area contributed by atoms with E-state index in [2.05, 4.69) is 10.6 Å². The number of thiocarbonyl (C=S) groups is 1. The molecule has 1 aromatic carbocycles. The molecular weight excluding hydrogens is 406 g/mol. The van der Waals surface area contributed by atoms with Crippen LogP contribution in [-0.2, 0) is 14.3 Å². The van der Waals surface area contributed by atoms with Crippen LogP contribution in [0.5, 0.6) is 5.75 Å². The number of hydrogen-bond donors (Lipinski definition) is 2. The molecule has 0 aliphatic carbocycles. The number of carbonyl (C=O) groups is 3. The normalized spacial score (nSPS) is 16.1. The van der Waals surface area contributed by atoms with Gasteiger partial charge in [0.15, 0.2) is 5.11 Å². The lowest BCUT2D eigenvalue weighted by Crippen LogP contribution is -2.60. The molecule has 1 atom stereocenters. The maximum atomic E-state index is 12.5. The number of benzene rings is 1. The first kappa shape index (κ1) is 23.6. The van der Waals surface area contributed by atoms with Crippen LogP contribution >= 0.6 is 12.2 Å². The van der Waals surface area contributed by atoms with Gasteiger partial charge in [0, 0.05) is 18.7 Å². The maximum absolute atomic E-state index is 12.5. The van der Waals surface area contributed by atoms with E-state index < -0.39 is 17.9 Å². The predicted molar refractivity (Wildman–Crippen MR) is 116 cm³/mol. The average Bonchev–Trinajstić information content (AvgIpc) is 2.70. The fourth-order valence-corrected chi connectivity index (χ4v) is 3.21. The summed E-state index contributed by atoms with van der Waals surface area (Å²) in [5.41, 5.74) is 0.409. The van der Waals surface area contributed by atoms with Crippen LogP contribution < -0.4 is 15.4 Å². The average molecular weight is 436 g/mol. The van der Waals surface area contributed by atoms with Crippen molar-refractivity contribution in [3.8, 4) is 5.75 Å². The van der Waals surface area contributed by atoms with E-state index in [4.69, 9.17) is 21.7 Å². The number of rotatable bonds is 8. The van der Waals surface area contributed by atoms with Gasteiger partial charge in [0.25, 0.3) is 5.91 Å². The summed E-state index contributed by atoms with van der Waals surface area (Å²) in [5.74, 6) is -0.103. The highest BCUT2D eigenvalue weighted by Gasteiger charge is 2.34. The monoisotopic (exact) mass is 435 g/mol. The van der Waals surface area contributed by atoms with Gasteiger partial charge in [0.2, 0.25) is 5.91 Å². The molecule has 1 heterocycles. The number of esters is 1. The summed E-state index contributed by atoms with van der Waals surface area (Å²) in [6.07, 6.45) is 0.617. The Morgan fingerprint density at radius 1 is 1.30 bits per heavy atom. The summed E-state index contributed by atoms with van der Waals surface area (Å²) in [4.78, 5) is 38.6. The van der Waals surface area contributed by atoms with Crippen LogP contribution in [0.2, 0.25) is 0 Å². The lowest BCUT2D eigenvalue weighted by Gasteiger charge is -2.36. The zero-order chi connectivity index (χ0) is 22.1. The van der Waals surface area contributed by atoms with Gasteiger partial charge >= 0.3 is 5.97 Å². The summed E-state index contributed by atoms with van der Waals surface area (Å²) in [6, 6.07) is 5.85. The van der Waals surface area contributed by atoms with Crippen LogP contribution in [-0.4, -0.2) is 60.1 Å². The van der Waals surface area contributed by atoms with Gasteiger partial charge in [0.1, 0.15) is 11.8 Å². The summed E-state index contributed by atoms with van der Waals surface area (Å²) < 4.78 is 10.6. The zero-order valence-electron chi connectivity index (χ0n) is 17.6. The molecular formula is C21H29N3O5S. The molecule has 0 bridgehead atoms. The minimum Gasteiger partial charge on any atom is -0.494 e. The molecule has 1 aliphatic rings. The zero-order valence-corrected chi connectivity index (χ0v) is 18.4. The van der Waals surface area contributed by atoms with Crippen LogP contribution in [0.1, 0.15) is 44.0 Å². The van der Waals surface area contributed by atoms with Crippen molar-refractivity contribution in [3.63, 3.8) is 0 Å². The fraction of sp³-hybridized carbons (Fsp3) is 0.524. The first-order valence-electron chi connectivity index (χ1n) is 10.1. The largest absolute Gasteiger partial charge is 0.494 e. The molecule has 1 aliphatic heterocycles. The Morgan fingerprint density at radius 2 is 2.00 bits per heavy atom. The third-order valence-electron chi connectivity index (χ3n) is 4.56. The molecule has 164 valence electrons. The molecule has 1 unspecified atom stereocenters. The highest BCUT2D eigenvalue weighted by molar-refractivity contribution is 7.80. The van der Waals surface area contributed by atoms with Crippen LogP contribution in [0, 0.1) is 5.92 Å². The van der Waals surface area contributed by atoms with Crippen molar-refractivity contribution in [1.29, 1.82) is 0 Å². The van der Waals surface area contributed by atoms with Crippen molar-refractivity contribution in [2.24, 2.45) is 5.92 Å². The standard InChI is InChI=1S/C21H29N3O5S/c1-4-28-16-7-5-15(6-8-16)19(26)23-21(30)24-11-10-22-20(27)17(24)13-18(25)29-12-9-14(2)3/h5-8,14,17H,4,9-13H2,1-3H3,(H,22,27)(H,23,26,30). The molecule has 9 heteroatoms. The summed E-state index contributed by atoms with van der Waals surface area (Å²) in [6.45, 7) is 7.56. The molecule has 0 saturated carbocycles. The van der Waals surface area contributed by atoms with Crippen LogP contribution in [0.25, 0.3) is 0 Å². The second-order valence-electron chi connectivity index (χ2n) is 7.32. The van der Waals surface area contributed by atoms with Gasteiger partial charge in [-0.1, -0.05) is 13.8 Å². The fourth-order valence-electron chi connectivity index (χ4n) is 2.90. The Morgan fingerprint density at radius 3 is 2.63 bits per heavy atom. The smallest absolute Gasteiger partial charge is 0.308 e. The molecule has 2 amide bonds.